The van der Waals surface area contributed by atoms with Crippen molar-refractivity contribution >= 4 is 29.2 Å². The molecule has 4 rings (SSSR count). The highest BCUT2D eigenvalue weighted by molar-refractivity contribution is 6.05. The van der Waals surface area contributed by atoms with Crippen molar-refractivity contribution < 1.29 is 29.0 Å². The highest BCUT2D eigenvalue weighted by Gasteiger charge is 2.79. The van der Waals surface area contributed by atoms with Gasteiger partial charge in [0.1, 0.15) is 24.2 Å². The number of nitrogens with zero attached hydrogens (tertiary/aromatic N) is 3. The molecule has 2 unspecified atom stereocenters. The quantitative estimate of drug-likeness (QED) is 0.296. The largest absolute Gasteiger partial charge is 0.461 e. The lowest BCUT2D eigenvalue weighted by molar-refractivity contribution is -0.161. The molecule has 1 aromatic rings. The number of fused-ring (bicyclic) bond motifs is 1. The van der Waals surface area contributed by atoms with Crippen LogP contribution < -0.4 is 9.80 Å². The fraction of sp³-hybridized carbons (Fsp3) is 0.581. The Kier molecular flexibility index (Phi) is 8.75. The number of aliphatic hydroxyl groups is 1. The number of anilines is 2. The fourth-order valence-electron chi connectivity index (χ4n) is 7.12. The lowest BCUT2D eigenvalue weighted by atomic mass is 9.65. The van der Waals surface area contributed by atoms with Crippen LogP contribution in [0.4, 0.5) is 11.4 Å². The average molecular weight is 554 g/mol. The first kappa shape index (κ1) is 29.8. The molecule has 0 saturated carbocycles. The van der Waals surface area contributed by atoms with E-state index in [0.29, 0.717) is 24.9 Å². The molecule has 1 aromatic carbocycles. The molecule has 40 heavy (non-hydrogen) atoms. The van der Waals surface area contributed by atoms with Gasteiger partial charge in [0.2, 0.25) is 5.91 Å². The molecule has 0 radical (unpaired) electrons. The molecule has 218 valence electrons. The van der Waals surface area contributed by atoms with Gasteiger partial charge in [0, 0.05) is 31.0 Å². The molecule has 3 saturated heterocycles. The molecule has 3 heterocycles. The zero-order valence-corrected chi connectivity index (χ0v) is 24.2. The normalized spacial score (nSPS) is 29.2. The first-order chi connectivity index (χ1) is 19.2. The summed E-state index contributed by atoms with van der Waals surface area (Å²) in [5, 5.41) is 10.1. The Morgan fingerprint density at radius 1 is 1.15 bits per heavy atom. The monoisotopic (exact) mass is 553 g/mol. The molecule has 3 fully saturated rings. The Morgan fingerprint density at radius 3 is 2.35 bits per heavy atom. The summed E-state index contributed by atoms with van der Waals surface area (Å²) in [5.74, 6) is -2.91. The first-order valence-corrected chi connectivity index (χ1v) is 14.4. The number of carbonyl (C=O) groups is 3. The predicted octanol–water partition coefficient (Wildman–Crippen LogP) is 3.32. The number of benzene rings is 1. The summed E-state index contributed by atoms with van der Waals surface area (Å²) in [6.45, 7) is 17.0. The third-order valence-corrected chi connectivity index (χ3v) is 9.06. The smallest absolute Gasteiger partial charge is 0.313 e. The Balaban J connectivity index is 1.78. The number of esters is 1. The molecule has 0 aliphatic carbocycles. The maximum absolute atomic E-state index is 14.6. The number of aliphatic hydroxyl groups excluding tert-OH is 1. The lowest BCUT2D eigenvalue weighted by Gasteiger charge is -2.38. The Hall–Kier alpha value is -3.17. The molecule has 6 atom stereocenters. The van der Waals surface area contributed by atoms with Crippen LogP contribution in [0.3, 0.4) is 0 Å². The van der Waals surface area contributed by atoms with Gasteiger partial charge in [-0.05, 0) is 64.3 Å². The molecule has 2 bridgehead atoms. The third-order valence-electron chi connectivity index (χ3n) is 9.06. The van der Waals surface area contributed by atoms with E-state index < -0.39 is 41.1 Å². The summed E-state index contributed by atoms with van der Waals surface area (Å²) < 4.78 is 12.2. The molecule has 3 aliphatic rings. The van der Waals surface area contributed by atoms with Crippen LogP contribution in [0.1, 0.15) is 47.0 Å². The lowest BCUT2D eigenvalue weighted by Crippen LogP contribution is -2.58. The van der Waals surface area contributed by atoms with Crippen LogP contribution >= 0.6 is 0 Å². The highest BCUT2D eigenvalue weighted by Crippen LogP contribution is 2.64. The van der Waals surface area contributed by atoms with Gasteiger partial charge in [-0.15, -0.1) is 6.58 Å². The number of hydrogen-bond acceptors (Lipinski definition) is 7. The van der Waals surface area contributed by atoms with E-state index in [9.17, 15) is 19.5 Å². The van der Waals surface area contributed by atoms with Crippen LogP contribution in [0, 0.1) is 11.8 Å². The van der Waals surface area contributed by atoms with Crippen LogP contribution in [0.25, 0.3) is 0 Å². The molecule has 3 aliphatic heterocycles. The minimum absolute atomic E-state index is 0.0265. The van der Waals surface area contributed by atoms with Gasteiger partial charge >= 0.3 is 5.97 Å². The SMILES string of the molecule is C=CCOC(=O)[C@@H]1[C@H]2C(=O)N([C@H](C)CO)C(C(=O)N(CC=C)c3ccc(N(CC)CC)cc3)C23CC[C@@]1(CC)O3. The number of likely N-dealkylation sites (tertiary alicyclic amines) is 1. The second-order valence-electron chi connectivity index (χ2n) is 11.0. The van der Waals surface area contributed by atoms with Crippen molar-refractivity contribution in [3.05, 3.63) is 49.6 Å². The van der Waals surface area contributed by atoms with E-state index >= 15 is 0 Å². The Bertz CT molecular complexity index is 1130. The van der Waals surface area contributed by atoms with Gasteiger partial charge in [0.15, 0.2) is 0 Å². The van der Waals surface area contributed by atoms with E-state index in [1.807, 2.05) is 31.2 Å². The van der Waals surface area contributed by atoms with E-state index in [0.717, 1.165) is 18.8 Å². The second-order valence-corrected chi connectivity index (χ2v) is 11.0. The first-order valence-electron chi connectivity index (χ1n) is 14.4. The zero-order valence-electron chi connectivity index (χ0n) is 24.2. The van der Waals surface area contributed by atoms with Crippen LogP contribution in [-0.4, -0.2) is 83.9 Å². The maximum Gasteiger partial charge on any atom is 0.313 e. The van der Waals surface area contributed by atoms with Crippen LogP contribution in [0.2, 0.25) is 0 Å². The summed E-state index contributed by atoms with van der Waals surface area (Å²) in [6, 6.07) is 6.10. The van der Waals surface area contributed by atoms with E-state index in [-0.39, 0.29) is 31.6 Å². The van der Waals surface area contributed by atoms with Gasteiger partial charge in [0.05, 0.1) is 24.2 Å². The standard InChI is InChI=1S/C31H43N3O6/c1-7-18-33(23-14-12-22(13-15-23)32(10-4)11-5)28(37)26-31-17-16-30(9-3,40-31)25(29(38)39-19-8-2)24(31)27(36)34(26)21(6)20-35/h7-8,12-15,21,24-26,35H,1-2,9-11,16-20H2,3-6H3/t21-,24+,25+,26?,30-,31?/m1/s1. The van der Waals surface area contributed by atoms with Crippen molar-refractivity contribution in [1.82, 2.24) is 4.90 Å². The number of amides is 2. The molecule has 2 amide bonds. The Morgan fingerprint density at radius 2 is 1.80 bits per heavy atom. The number of rotatable bonds is 13. The highest BCUT2D eigenvalue weighted by atomic mass is 16.6. The van der Waals surface area contributed by atoms with Gasteiger partial charge in [-0.2, -0.15) is 0 Å². The van der Waals surface area contributed by atoms with Crippen LogP contribution in [0.15, 0.2) is 49.6 Å². The molecule has 0 aromatic heterocycles. The van der Waals surface area contributed by atoms with Gasteiger partial charge < -0.3 is 29.3 Å². The van der Waals surface area contributed by atoms with E-state index in [4.69, 9.17) is 9.47 Å². The second kappa shape index (κ2) is 11.7. The number of hydrogen-bond donors (Lipinski definition) is 1. The molecule has 1 spiro atoms. The molecular formula is C31H43N3O6. The summed E-state index contributed by atoms with van der Waals surface area (Å²) in [5.41, 5.74) is -0.371. The van der Waals surface area contributed by atoms with Gasteiger partial charge in [-0.25, -0.2) is 0 Å². The van der Waals surface area contributed by atoms with Crippen LogP contribution in [-0.2, 0) is 23.9 Å². The fourth-order valence-corrected chi connectivity index (χ4v) is 7.12. The average Bonchev–Trinajstić information content (AvgIpc) is 3.58. The van der Waals surface area contributed by atoms with E-state index in [1.54, 1.807) is 17.9 Å². The van der Waals surface area contributed by atoms with Crippen molar-refractivity contribution in [2.75, 3.05) is 42.6 Å². The Labute approximate surface area is 237 Å². The van der Waals surface area contributed by atoms with Crippen molar-refractivity contribution in [3.63, 3.8) is 0 Å². The van der Waals surface area contributed by atoms with Crippen molar-refractivity contribution in [2.45, 2.75) is 70.2 Å². The minimum Gasteiger partial charge on any atom is -0.461 e. The number of ether oxygens (including phenoxy) is 2. The molecule has 1 N–H and O–H groups in total. The summed E-state index contributed by atoms with van der Waals surface area (Å²) >= 11 is 0. The summed E-state index contributed by atoms with van der Waals surface area (Å²) in [4.78, 5) is 47.4. The third kappa shape index (κ3) is 4.53. The molecule has 9 nitrogen and oxygen atoms in total. The minimum atomic E-state index is -1.20. The topological polar surface area (TPSA) is 99.6 Å². The van der Waals surface area contributed by atoms with E-state index in [2.05, 4.69) is 31.9 Å². The van der Waals surface area contributed by atoms with Crippen molar-refractivity contribution in [3.8, 4) is 0 Å². The van der Waals surface area contributed by atoms with Crippen LogP contribution in [0.5, 0.6) is 0 Å². The van der Waals surface area contributed by atoms with Crippen molar-refractivity contribution in [2.24, 2.45) is 11.8 Å². The molecular weight excluding hydrogens is 510 g/mol. The van der Waals surface area contributed by atoms with Gasteiger partial charge in [-0.3, -0.25) is 14.4 Å². The number of carbonyl (C=O) groups excluding carboxylic acids is 3. The van der Waals surface area contributed by atoms with Gasteiger partial charge in [0.25, 0.3) is 5.91 Å². The van der Waals surface area contributed by atoms with Crippen molar-refractivity contribution in [1.29, 1.82) is 0 Å². The van der Waals surface area contributed by atoms with E-state index in [1.165, 1.54) is 11.0 Å². The summed E-state index contributed by atoms with van der Waals surface area (Å²) in [7, 11) is 0. The summed E-state index contributed by atoms with van der Waals surface area (Å²) in [6.07, 6.45) is 4.63. The van der Waals surface area contributed by atoms with Gasteiger partial charge in [-0.1, -0.05) is 25.7 Å². The maximum atomic E-state index is 14.6. The zero-order chi connectivity index (χ0) is 29.2. The molecule has 9 heteroatoms. The predicted molar refractivity (Wildman–Crippen MR) is 154 cm³/mol.